The molecule has 3 N–H and O–H groups in total. The van der Waals surface area contributed by atoms with Crippen LogP contribution in [0.3, 0.4) is 0 Å². The molecular weight excluding hydrogens is 112 g/mol. The van der Waals surface area contributed by atoms with Gasteiger partial charge in [-0.15, -0.1) is 0 Å². The number of allylic oxidation sites excluding steroid dienone is 2. The third-order valence-electron chi connectivity index (χ3n) is 1.48. The van der Waals surface area contributed by atoms with Gasteiger partial charge in [-0.2, -0.15) is 0 Å². The summed E-state index contributed by atoms with van der Waals surface area (Å²) in [6.07, 6.45) is 2.32. The smallest absolute Gasteiger partial charge is 0.0217 e. The molecule has 0 aliphatic rings. The van der Waals surface area contributed by atoms with Crippen molar-refractivity contribution in [3.05, 3.63) is 11.3 Å². The number of hydrogen-bond acceptors (Lipinski definition) is 2. The van der Waals surface area contributed by atoms with Crippen LogP contribution in [0.25, 0.3) is 0 Å². The van der Waals surface area contributed by atoms with Gasteiger partial charge in [-0.05, 0) is 20.3 Å². The van der Waals surface area contributed by atoms with Gasteiger partial charge in [0.05, 0.1) is 0 Å². The first-order valence-corrected chi connectivity index (χ1v) is 3.35. The molecule has 0 radical (unpaired) electrons. The maximum atomic E-state index is 5.20. The van der Waals surface area contributed by atoms with Gasteiger partial charge in [-0.25, -0.2) is 0 Å². The Morgan fingerprint density at radius 2 is 2.00 bits per heavy atom. The minimum absolute atomic E-state index is 1.09. The Kier molecular flexibility index (Phi) is 4.14. The zero-order valence-corrected chi connectivity index (χ0v) is 6.49. The average Bonchev–Trinajstić information content (AvgIpc) is 1.87. The molecule has 2 nitrogen and oxygen atoms in total. The van der Waals surface area contributed by atoms with Gasteiger partial charge in [0, 0.05) is 5.70 Å². The molecule has 0 aromatic heterocycles. The Labute approximate surface area is 57.1 Å². The molecule has 0 saturated carbocycles. The van der Waals surface area contributed by atoms with E-state index in [1.165, 1.54) is 12.0 Å². The summed E-state index contributed by atoms with van der Waals surface area (Å²) >= 11 is 0. The van der Waals surface area contributed by atoms with E-state index in [4.69, 9.17) is 5.84 Å². The number of hydrogen-bond donors (Lipinski definition) is 2. The van der Waals surface area contributed by atoms with Crippen LogP contribution in [0, 0.1) is 0 Å². The fourth-order valence-electron chi connectivity index (χ4n) is 0.686. The Morgan fingerprint density at radius 1 is 1.44 bits per heavy atom. The van der Waals surface area contributed by atoms with Gasteiger partial charge in [0.25, 0.3) is 0 Å². The fraction of sp³-hybridized carbons (Fsp3) is 0.714. The summed E-state index contributed by atoms with van der Waals surface area (Å²) in [5.41, 5.74) is 5.07. The van der Waals surface area contributed by atoms with Gasteiger partial charge in [-0.1, -0.05) is 18.9 Å². The third kappa shape index (κ3) is 3.14. The Hall–Kier alpha value is -0.500. The second-order valence-electron chi connectivity index (χ2n) is 2.30. The minimum atomic E-state index is 1.09. The molecule has 0 unspecified atom stereocenters. The van der Waals surface area contributed by atoms with Crippen molar-refractivity contribution in [1.82, 2.24) is 5.43 Å². The lowest BCUT2D eigenvalue weighted by Crippen LogP contribution is -2.20. The molecule has 0 bridgehead atoms. The summed E-state index contributed by atoms with van der Waals surface area (Å²) in [5.74, 6) is 5.20. The molecule has 0 amide bonds. The van der Waals surface area contributed by atoms with Gasteiger partial charge < -0.3 is 5.43 Å². The topological polar surface area (TPSA) is 38.0 Å². The van der Waals surface area contributed by atoms with E-state index in [1.54, 1.807) is 0 Å². The third-order valence-corrected chi connectivity index (χ3v) is 1.48. The van der Waals surface area contributed by atoms with Gasteiger partial charge in [0.2, 0.25) is 0 Å². The van der Waals surface area contributed by atoms with E-state index in [1.807, 2.05) is 6.92 Å². The highest BCUT2D eigenvalue weighted by Crippen LogP contribution is 2.05. The van der Waals surface area contributed by atoms with Gasteiger partial charge >= 0.3 is 0 Å². The molecule has 0 spiro atoms. The quantitative estimate of drug-likeness (QED) is 0.447. The van der Waals surface area contributed by atoms with Crippen LogP contribution < -0.4 is 11.3 Å². The van der Waals surface area contributed by atoms with Crippen molar-refractivity contribution in [3.63, 3.8) is 0 Å². The Morgan fingerprint density at radius 3 is 2.33 bits per heavy atom. The van der Waals surface area contributed by atoms with Crippen LogP contribution in [0.1, 0.15) is 33.6 Å². The van der Waals surface area contributed by atoms with Gasteiger partial charge in [0.15, 0.2) is 0 Å². The van der Waals surface area contributed by atoms with Crippen LogP contribution in [0.4, 0.5) is 0 Å². The largest absolute Gasteiger partial charge is 0.329 e. The number of nitrogens with two attached hydrogens (primary N) is 1. The molecule has 9 heavy (non-hydrogen) atoms. The van der Waals surface area contributed by atoms with Crippen LogP contribution in [-0.2, 0) is 0 Å². The lowest BCUT2D eigenvalue weighted by molar-refractivity contribution is 0.815. The summed E-state index contributed by atoms with van der Waals surface area (Å²) in [4.78, 5) is 0. The molecule has 2 heteroatoms. The monoisotopic (exact) mass is 128 g/mol. The summed E-state index contributed by atoms with van der Waals surface area (Å²) in [6, 6.07) is 0. The fourth-order valence-corrected chi connectivity index (χ4v) is 0.686. The zero-order valence-electron chi connectivity index (χ0n) is 6.49. The summed E-state index contributed by atoms with van der Waals surface area (Å²) in [6.45, 7) is 6.25. The first-order chi connectivity index (χ1) is 4.22. The normalized spacial score (nSPS) is 12.9. The number of nitrogens with one attached hydrogen (secondary N) is 1. The molecule has 0 atom stereocenters. The first-order valence-electron chi connectivity index (χ1n) is 3.35. The second kappa shape index (κ2) is 4.39. The highest BCUT2D eigenvalue weighted by Gasteiger charge is 1.90. The van der Waals surface area contributed by atoms with Crippen LogP contribution in [0.5, 0.6) is 0 Å². The standard InChI is InChI=1S/C7H16N2/c1-4-5-6(2)7(3)9-8/h9H,4-5,8H2,1-3H3/b7-6-. The predicted octanol–water partition coefficient (Wildman–Crippen LogP) is 1.54. The predicted molar refractivity (Wildman–Crippen MR) is 40.6 cm³/mol. The van der Waals surface area contributed by atoms with Gasteiger partial charge in [0.1, 0.15) is 0 Å². The van der Waals surface area contributed by atoms with Crippen LogP contribution in [0.15, 0.2) is 11.3 Å². The highest BCUT2D eigenvalue weighted by atomic mass is 15.2. The molecule has 0 heterocycles. The molecule has 0 aromatic carbocycles. The maximum Gasteiger partial charge on any atom is 0.0217 e. The van der Waals surface area contributed by atoms with Crippen LogP contribution in [0.2, 0.25) is 0 Å². The van der Waals surface area contributed by atoms with Crippen molar-refractivity contribution in [2.75, 3.05) is 0 Å². The van der Waals surface area contributed by atoms with E-state index in [-0.39, 0.29) is 0 Å². The number of hydrazine groups is 1. The Bertz CT molecular complexity index is 105. The average molecular weight is 128 g/mol. The lowest BCUT2D eigenvalue weighted by atomic mass is 10.1. The van der Waals surface area contributed by atoms with E-state index in [2.05, 4.69) is 19.3 Å². The summed E-state index contributed by atoms with van der Waals surface area (Å²) in [5, 5.41) is 0. The molecule has 0 fully saturated rings. The van der Waals surface area contributed by atoms with Crippen molar-refractivity contribution < 1.29 is 0 Å². The van der Waals surface area contributed by atoms with E-state index in [0.29, 0.717) is 0 Å². The van der Waals surface area contributed by atoms with Crippen molar-refractivity contribution in [3.8, 4) is 0 Å². The first kappa shape index (κ1) is 8.50. The van der Waals surface area contributed by atoms with Gasteiger partial charge in [-0.3, -0.25) is 5.84 Å². The Balaban J connectivity index is 3.78. The van der Waals surface area contributed by atoms with Crippen molar-refractivity contribution >= 4 is 0 Å². The molecule has 0 aromatic rings. The molecular formula is C7H16N2. The molecule has 0 aliphatic carbocycles. The van der Waals surface area contributed by atoms with Crippen molar-refractivity contribution in [1.29, 1.82) is 0 Å². The summed E-state index contributed by atoms with van der Waals surface area (Å²) < 4.78 is 0. The van der Waals surface area contributed by atoms with E-state index >= 15 is 0 Å². The van der Waals surface area contributed by atoms with Crippen LogP contribution >= 0.6 is 0 Å². The second-order valence-corrected chi connectivity index (χ2v) is 2.30. The number of rotatable bonds is 3. The van der Waals surface area contributed by atoms with E-state index in [9.17, 15) is 0 Å². The molecule has 54 valence electrons. The zero-order chi connectivity index (χ0) is 7.28. The van der Waals surface area contributed by atoms with Crippen LogP contribution in [-0.4, -0.2) is 0 Å². The highest BCUT2D eigenvalue weighted by molar-refractivity contribution is 5.05. The minimum Gasteiger partial charge on any atom is -0.329 e. The van der Waals surface area contributed by atoms with E-state index < -0.39 is 0 Å². The molecule has 0 rings (SSSR count). The van der Waals surface area contributed by atoms with Crippen molar-refractivity contribution in [2.24, 2.45) is 5.84 Å². The SMILES string of the molecule is CCC/C(C)=C(/C)NN. The summed E-state index contributed by atoms with van der Waals surface area (Å²) in [7, 11) is 0. The van der Waals surface area contributed by atoms with Crippen molar-refractivity contribution in [2.45, 2.75) is 33.6 Å². The molecule has 0 aliphatic heterocycles. The lowest BCUT2D eigenvalue weighted by Gasteiger charge is -2.03. The maximum absolute atomic E-state index is 5.20. The van der Waals surface area contributed by atoms with E-state index in [0.717, 1.165) is 12.1 Å². The molecule has 0 saturated heterocycles.